The maximum atomic E-state index is 12.6. The van der Waals surface area contributed by atoms with Gasteiger partial charge in [-0.2, -0.15) is 0 Å². The van der Waals surface area contributed by atoms with Crippen molar-refractivity contribution >= 4 is 9.84 Å². The van der Waals surface area contributed by atoms with Gasteiger partial charge in [0, 0.05) is 0 Å². The quantitative estimate of drug-likeness (QED) is 0.800. The van der Waals surface area contributed by atoms with E-state index in [4.69, 9.17) is 0 Å². The minimum Gasteiger partial charge on any atom is -0.219 e. The van der Waals surface area contributed by atoms with E-state index >= 15 is 0 Å². The summed E-state index contributed by atoms with van der Waals surface area (Å²) < 4.78 is 25.1. The molecule has 0 saturated carbocycles. The Morgan fingerprint density at radius 3 is 1.86 bits per heavy atom. The third kappa shape index (κ3) is 3.53. The van der Waals surface area contributed by atoms with Crippen LogP contribution in [0.5, 0.6) is 0 Å². The molecule has 2 aromatic carbocycles. The van der Waals surface area contributed by atoms with Crippen molar-refractivity contribution in [3.63, 3.8) is 0 Å². The van der Waals surface area contributed by atoms with Gasteiger partial charge in [0.2, 0.25) is 9.84 Å². The van der Waals surface area contributed by atoms with Crippen molar-refractivity contribution in [2.24, 2.45) is 0 Å². The van der Waals surface area contributed by atoms with Crippen LogP contribution in [0.1, 0.15) is 43.7 Å². The van der Waals surface area contributed by atoms with E-state index in [9.17, 15) is 8.42 Å². The lowest BCUT2D eigenvalue weighted by Gasteiger charge is -2.11. The van der Waals surface area contributed by atoms with Crippen LogP contribution in [0.15, 0.2) is 58.3 Å². The van der Waals surface area contributed by atoms with Crippen molar-refractivity contribution in [1.29, 1.82) is 0 Å². The standard InChI is InChI=1S/C18H22O2S/c1-4-5-15(3)16-8-12-18(13-9-16)21(19,20)17-10-6-14(2)7-11-17/h6-13,15H,4-5H2,1-3H3. The van der Waals surface area contributed by atoms with Gasteiger partial charge in [0.25, 0.3) is 0 Å². The molecule has 0 aliphatic rings. The molecule has 0 spiro atoms. The fourth-order valence-corrected chi connectivity index (χ4v) is 3.69. The Hall–Kier alpha value is -1.61. The summed E-state index contributed by atoms with van der Waals surface area (Å²) in [6.45, 7) is 6.28. The predicted octanol–water partition coefficient (Wildman–Crippen LogP) is 4.73. The fourth-order valence-electron chi connectivity index (χ4n) is 2.43. The summed E-state index contributed by atoms with van der Waals surface area (Å²) in [7, 11) is -3.41. The van der Waals surface area contributed by atoms with Crippen LogP contribution in [0.3, 0.4) is 0 Å². The van der Waals surface area contributed by atoms with E-state index in [-0.39, 0.29) is 0 Å². The summed E-state index contributed by atoms with van der Waals surface area (Å²) >= 11 is 0. The fraction of sp³-hybridized carbons (Fsp3) is 0.333. The molecule has 2 aromatic rings. The lowest BCUT2D eigenvalue weighted by Crippen LogP contribution is -2.02. The second-order valence-corrected chi connectivity index (χ2v) is 7.52. The van der Waals surface area contributed by atoms with Gasteiger partial charge in [-0.25, -0.2) is 8.42 Å². The van der Waals surface area contributed by atoms with Crippen LogP contribution in [0, 0.1) is 6.92 Å². The average molecular weight is 302 g/mol. The van der Waals surface area contributed by atoms with E-state index in [1.54, 1.807) is 24.3 Å². The Morgan fingerprint density at radius 2 is 1.38 bits per heavy atom. The molecular formula is C18H22O2S. The van der Waals surface area contributed by atoms with Crippen molar-refractivity contribution in [3.05, 3.63) is 59.7 Å². The SMILES string of the molecule is CCCC(C)c1ccc(S(=O)(=O)c2ccc(C)cc2)cc1. The number of benzene rings is 2. The molecule has 0 saturated heterocycles. The van der Waals surface area contributed by atoms with Gasteiger partial charge in [0.05, 0.1) is 9.79 Å². The molecule has 3 heteroatoms. The highest BCUT2D eigenvalue weighted by molar-refractivity contribution is 7.91. The van der Waals surface area contributed by atoms with Gasteiger partial charge in [0.1, 0.15) is 0 Å². The van der Waals surface area contributed by atoms with E-state index in [0.29, 0.717) is 15.7 Å². The maximum Gasteiger partial charge on any atom is 0.206 e. The van der Waals surface area contributed by atoms with Gasteiger partial charge in [-0.3, -0.25) is 0 Å². The van der Waals surface area contributed by atoms with Crippen LogP contribution in [-0.4, -0.2) is 8.42 Å². The summed E-state index contributed by atoms with van der Waals surface area (Å²) in [6, 6.07) is 14.3. The van der Waals surface area contributed by atoms with Crippen molar-refractivity contribution < 1.29 is 8.42 Å². The highest BCUT2D eigenvalue weighted by Gasteiger charge is 2.17. The Morgan fingerprint density at radius 1 is 0.905 bits per heavy atom. The Labute approximate surface area is 127 Å². The first-order valence-corrected chi connectivity index (χ1v) is 8.85. The van der Waals surface area contributed by atoms with Gasteiger partial charge in [-0.1, -0.05) is 50.1 Å². The van der Waals surface area contributed by atoms with Gasteiger partial charge in [-0.15, -0.1) is 0 Å². The van der Waals surface area contributed by atoms with Gasteiger partial charge >= 0.3 is 0 Å². The largest absolute Gasteiger partial charge is 0.219 e. The van der Waals surface area contributed by atoms with Crippen LogP contribution < -0.4 is 0 Å². The molecule has 21 heavy (non-hydrogen) atoms. The monoisotopic (exact) mass is 302 g/mol. The van der Waals surface area contributed by atoms with Gasteiger partial charge < -0.3 is 0 Å². The van der Waals surface area contributed by atoms with Crippen molar-refractivity contribution in [3.8, 4) is 0 Å². The third-order valence-electron chi connectivity index (χ3n) is 3.81. The van der Waals surface area contributed by atoms with Crippen LogP contribution in [0.4, 0.5) is 0 Å². The zero-order valence-electron chi connectivity index (χ0n) is 12.8. The van der Waals surface area contributed by atoms with Crippen LogP contribution in [0.25, 0.3) is 0 Å². The first kappa shape index (κ1) is 15.8. The minimum absolute atomic E-state index is 0.349. The number of hydrogen-bond donors (Lipinski definition) is 0. The molecule has 0 aromatic heterocycles. The Balaban J connectivity index is 2.31. The van der Waals surface area contributed by atoms with E-state index in [2.05, 4.69) is 13.8 Å². The first-order valence-electron chi connectivity index (χ1n) is 7.37. The second-order valence-electron chi connectivity index (χ2n) is 5.58. The van der Waals surface area contributed by atoms with E-state index in [0.717, 1.165) is 18.4 Å². The number of rotatable bonds is 5. The molecule has 0 fully saturated rings. The number of hydrogen-bond acceptors (Lipinski definition) is 2. The van der Waals surface area contributed by atoms with Gasteiger partial charge in [0.15, 0.2) is 0 Å². The summed E-state index contributed by atoms with van der Waals surface area (Å²) in [4.78, 5) is 0.709. The lowest BCUT2D eigenvalue weighted by atomic mass is 9.97. The molecule has 0 amide bonds. The molecule has 0 aliphatic carbocycles. The predicted molar refractivity (Wildman–Crippen MR) is 86.4 cm³/mol. The topological polar surface area (TPSA) is 34.1 Å². The van der Waals surface area contributed by atoms with Crippen molar-refractivity contribution in [2.75, 3.05) is 0 Å². The molecule has 112 valence electrons. The van der Waals surface area contributed by atoms with Crippen molar-refractivity contribution in [1.82, 2.24) is 0 Å². The molecule has 2 rings (SSSR count). The van der Waals surface area contributed by atoms with Crippen LogP contribution >= 0.6 is 0 Å². The molecule has 0 radical (unpaired) electrons. The molecule has 0 N–H and O–H groups in total. The minimum atomic E-state index is -3.41. The summed E-state index contributed by atoms with van der Waals surface area (Å²) in [6.07, 6.45) is 2.24. The van der Waals surface area contributed by atoms with Crippen LogP contribution in [0.2, 0.25) is 0 Å². The molecule has 2 nitrogen and oxygen atoms in total. The smallest absolute Gasteiger partial charge is 0.206 e. The molecule has 0 heterocycles. The summed E-state index contributed by atoms with van der Waals surface area (Å²) in [5.74, 6) is 0.464. The molecule has 0 aliphatic heterocycles. The van der Waals surface area contributed by atoms with Crippen LogP contribution in [-0.2, 0) is 9.84 Å². The third-order valence-corrected chi connectivity index (χ3v) is 5.60. The number of aryl methyl sites for hydroxylation is 1. The maximum absolute atomic E-state index is 12.6. The normalized spacial score (nSPS) is 13.1. The number of sulfone groups is 1. The summed E-state index contributed by atoms with van der Waals surface area (Å²) in [5.41, 5.74) is 2.25. The van der Waals surface area contributed by atoms with Crippen molar-refractivity contribution in [2.45, 2.75) is 49.3 Å². The average Bonchev–Trinajstić information content (AvgIpc) is 2.48. The Bertz CT molecular complexity index is 683. The second kappa shape index (κ2) is 6.44. The van der Waals surface area contributed by atoms with E-state index < -0.39 is 9.84 Å². The first-order chi connectivity index (χ1) is 9.95. The molecule has 1 atom stereocenters. The van der Waals surface area contributed by atoms with E-state index in [1.165, 1.54) is 5.56 Å². The summed E-state index contributed by atoms with van der Waals surface area (Å²) in [5, 5.41) is 0. The van der Waals surface area contributed by atoms with Gasteiger partial charge in [-0.05, 0) is 49.1 Å². The highest BCUT2D eigenvalue weighted by Crippen LogP contribution is 2.25. The van der Waals surface area contributed by atoms with E-state index in [1.807, 2.05) is 31.2 Å². The molecule has 0 bridgehead atoms. The Kier molecular flexibility index (Phi) is 4.84. The molecule has 1 unspecified atom stereocenters. The molecular weight excluding hydrogens is 280 g/mol. The zero-order valence-corrected chi connectivity index (χ0v) is 13.7. The lowest BCUT2D eigenvalue weighted by molar-refractivity contribution is 0.596. The zero-order chi connectivity index (χ0) is 15.5. The highest BCUT2D eigenvalue weighted by atomic mass is 32.2.